The largest absolute Gasteiger partial charge is 0.466 e. The van der Waals surface area contributed by atoms with Crippen molar-refractivity contribution in [3.8, 4) is 11.3 Å². The van der Waals surface area contributed by atoms with Crippen LogP contribution < -0.4 is 0 Å². The zero-order valence-corrected chi connectivity index (χ0v) is 10.8. The molecule has 0 amide bonds. The fraction of sp³-hybridized carbons (Fsp3) is 0.133. The SMILES string of the molecule is COC(=O)/C=C(\C)c1cncc(-c2ccccn2)c1. The molecular weight excluding hydrogens is 240 g/mol. The van der Waals surface area contributed by atoms with Crippen LogP contribution in [0.2, 0.25) is 0 Å². The number of ether oxygens (including phenoxy) is 1. The molecule has 0 spiro atoms. The zero-order chi connectivity index (χ0) is 13.7. The van der Waals surface area contributed by atoms with Crippen LogP contribution in [0.25, 0.3) is 16.8 Å². The number of rotatable bonds is 3. The van der Waals surface area contributed by atoms with Gasteiger partial charge in [-0.05, 0) is 36.3 Å². The van der Waals surface area contributed by atoms with Crippen molar-refractivity contribution >= 4 is 11.5 Å². The Hall–Kier alpha value is -2.49. The molecule has 0 aromatic carbocycles. The number of aromatic nitrogens is 2. The molecule has 0 unspecified atom stereocenters. The van der Waals surface area contributed by atoms with Crippen molar-refractivity contribution in [1.82, 2.24) is 9.97 Å². The van der Waals surface area contributed by atoms with Crippen molar-refractivity contribution in [2.45, 2.75) is 6.92 Å². The van der Waals surface area contributed by atoms with Gasteiger partial charge in [0.15, 0.2) is 0 Å². The van der Waals surface area contributed by atoms with E-state index in [0.717, 1.165) is 22.4 Å². The van der Waals surface area contributed by atoms with E-state index >= 15 is 0 Å². The van der Waals surface area contributed by atoms with Crippen molar-refractivity contribution in [2.75, 3.05) is 7.11 Å². The van der Waals surface area contributed by atoms with Crippen LogP contribution in [0.15, 0.2) is 48.9 Å². The third kappa shape index (κ3) is 3.25. The van der Waals surface area contributed by atoms with Gasteiger partial charge >= 0.3 is 5.97 Å². The standard InChI is InChI=1S/C15H14N2O2/c1-11(7-15(18)19-2)12-8-13(10-16-9-12)14-5-3-4-6-17-14/h3-10H,1-2H3/b11-7+. The fourth-order valence-corrected chi connectivity index (χ4v) is 1.65. The summed E-state index contributed by atoms with van der Waals surface area (Å²) >= 11 is 0. The second kappa shape index (κ2) is 5.91. The lowest BCUT2D eigenvalue weighted by Crippen LogP contribution is -1.96. The highest BCUT2D eigenvalue weighted by Crippen LogP contribution is 2.20. The molecule has 2 aromatic heterocycles. The van der Waals surface area contributed by atoms with Gasteiger partial charge in [0.2, 0.25) is 0 Å². The molecule has 0 aliphatic heterocycles. The van der Waals surface area contributed by atoms with Crippen molar-refractivity contribution < 1.29 is 9.53 Å². The fourth-order valence-electron chi connectivity index (χ4n) is 1.65. The summed E-state index contributed by atoms with van der Waals surface area (Å²) in [6.07, 6.45) is 6.64. The summed E-state index contributed by atoms with van der Waals surface area (Å²) in [7, 11) is 1.36. The summed E-state index contributed by atoms with van der Waals surface area (Å²) in [5.41, 5.74) is 3.43. The van der Waals surface area contributed by atoms with Crippen molar-refractivity contribution in [2.24, 2.45) is 0 Å². The van der Waals surface area contributed by atoms with Gasteiger partial charge < -0.3 is 4.74 Å². The van der Waals surface area contributed by atoms with E-state index in [-0.39, 0.29) is 5.97 Å². The lowest BCUT2D eigenvalue weighted by atomic mass is 10.1. The highest BCUT2D eigenvalue weighted by Gasteiger charge is 2.04. The van der Waals surface area contributed by atoms with Gasteiger partial charge in [0, 0.05) is 30.2 Å². The molecule has 2 aromatic rings. The second-order valence-corrected chi connectivity index (χ2v) is 4.03. The van der Waals surface area contributed by atoms with Gasteiger partial charge in [-0.3, -0.25) is 9.97 Å². The van der Waals surface area contributed by atoms with E-state index in [1.807, 2.05) is 31.2 Å². The number of esters is 1. The number of hydrogen-bond donors (Lipinski definition) is 0. The van der Waals surface area contributed by atoms with Crippen LogP contribution in [0.1, 0.15) is 12.5 Å². The van der Waals surface area contributed by atoms with E-state index in [9.17, 15) is 4.79 Å². The van der Waals surface area contributed by atoms with Crippen LogP contribution in [0.5, 0.6) is 0 Å². The van der Waals surface area contributed by atoms with E-state index < -0.39 is 0 Å². The van der Waals surface area contributed by atoms with Gasteiger partial charge in [0.05, 0.1) is 12.8 Å². The van der Waals surface area contributed by atoms with Crippen molar-refractivity contribution in [1.29, 1.82) is 0 Å². The van der Waals surface area contributed by atoms with Crippen LogP contribution >= 0.6 is 0 Å². The number of carbonyl (C=O) groups excluding carboxylic acids is 1. The van der Waals surface area contributed by atoms with Gasteiger partial charge in [-0.1, -0.05) is 6.07 Å². The number of pyridine rings is 2. The lowest BCUT2D eigenvalue weighted by Gasteiger charge is -2.04. The van der Waals surface area contributed by atoms with Gasteiger partial charge in [0.25, 0.3) is 0 Å². The topological polar surface area (TPSA) is 52.1 Å². The first-order chi connectivity index (χ1) is 9.20. The maximum absolute atomic E-state index is 11.2. The molecule has 4 heteroatoms. The molecular formula is C15H14N2O2. The average Bonchev–Trinajstić information content (AvgIpc) is 2.48. The zero-order valence-electron chi connectivity index (χ0n) is 10.8. The Labute approximate surface area is 111 Å². The molecule has 0 bridgehead atoms. The Kier molecular flexibility index (Phi) is 4.03. The molecule has 2 heterocycles. The number of hydrogen-bond acceptors (Lipinski definition) is 4. The van der Waals surface area contributed by atoms with Gasteiger partial charge in [-0.25, -0.2) is 4.79 Å². The van der Waals surface area contributed by atoms with E-state index in [1.165, 1.54) is 13.2 Å². The predicted octanol–water partition coefficient (Wildman–Crippen LogP) is 2.72. The highest BCUT2D eigenvalue weighted by atomic mass is 16.5. The first-order valence-corrected chi connectivity index (χ1v) is 5.84. The summed E-state index contributed by atoms with van der Waals surface area (Å²) < 4.78 is 4.61. The van der Waals surface area contributed by atoms with E-state index in [0.29, 0.717) is 0 Å². The number of carbonyl (C=O) groups is 1. The predicted molar refractivity (Wildman–Crippen MR) is 73.1 cm³/mol. The summed E-state index contributed by atoms with van der Waals surface area (Å²) in [6.45, 7) is 1.84. The number of allylic oxidation sites excluding steroid dienone is 1. The molecule has 4 nitrogen and oxygen atoms in total. The summed E-state index contributed by atoms with van der Waals surface area (Å²) in [5.74, 6) is -0.374. The van der Waals surface area contributed by atoms with Crippen LogP contribution in [-0.4, -0.2) is 23.0 Å². The second-order valence-electron chi connectivity index (χ2n) is 4.03. The van der Waals surface area contributed by atoms with Crippen LogP contribution in [0.4, 0.5) is 0 Å². The monoisotopic (exact) mass is 254 g/mol. The molecule has 0 atom stereocenters. The summed E-state index contributed by atoms with van der Waals surface area (Å²) in [4.78, 5) is 19.7. The number of methoxy groups -OCH3 is 1. The molecule has 0 saturated heterocycles. The minimum atomic E-state index is -0.374. The van der Waals surface area contributed by atoms with E-state index in [4.69, 9.17) is 0 Å². The van der Waals surface area contributed by atoms with E-state index in [2.05, 4.69) is 14.7 Å². The van der Waals surface area contributed by atoms with Crippen LogP contribution in [-0.2, 0) is 9.53 Å². The third-order valence-electron chi connectivity index (χ3n) is 2.69. The minimum Gasteiger partial charge on any atom is -0.466 e. The lowest BCUT2D eigenvalue weighted by molar-refractivity contribution is -0.134. The molecule has 19 heavy (non-hydrogen) atoms. The van der Waals surface area contributed by atoms with Crippen molar-refractivity contribution in [3.05, 3.63) is 54.5 Å². The molecule has 2 rings (SSSR count). The Balaban J connectivity index is 2.35. The normalized spacial score (nSPS) is 11.2. The molecule has 0 radical (unpaired) electrons. The number of nitrogens with zero attached hydrogens (tertiary/aromatic N) is 2. The average molecular weight is 254 g/mol. The molecule has 96 valence electrons. The summed E-state index contributed by atoms with van der Waals surface area (Å²) in [5, 5.41) is 0. The van der Waals surface area contributed by atoms with Crippen molar-refractivity contribution in [3.63, 3.8) is 0 Å². The van der Waals surface area contributed by atoms with Gasteiger partial charge in [-0.15, -0.1) is 0 Å². The highest BCUT2D eigenvalue weighted by molar-refractivity contribution is 5.91. The molecule has 0 N–H and O–H groups in total. The van der Waals surface area contributed by atoms with Crippen LogP contribution in [0, 0.1) is 0 Å². The first kappa shape index (κ1) is 13.0. The molecule has 0 saturated carbocycles. The first-order valence-electron chi connectivity index (χ1n) is 5.84. The van der Waals surface area contributed by atoms with Crippen LogP contribution in [0.3, 0.4) is 0 Å². The molecule has 0 aliphatic carbocycles. The maximum Gasteiger partial charge on any atom is 0.330 e. The summed E-state index contributed by atoms with van der Waals surface area (Å²) in [6, 6.07) is 7.65. The Bertz CT molecular complexity index is 607. The Morgan fingerprint density at radius 2 is 2.16 bits per heavy atom. The van der Waals surface area contributed by atoms with Gasteiger partial charge in [-0.2, -0.15) is 0 Å². The smallest absolute Gasteiger partial charge is 0.330 e. The quantitative estimate of drug-likeness (QED) is 0.624. The maximum atomic E-state index is 11.2. The van der Waals surface area contributed by atoms with E-state index in [1.54, 1.807) is 18.6 Å². The Morgan fingerprint density at radius 3 is 2.84 bits per heavy atom. The Morgan fingerprint density at radius 1 is 1.32 bits per heavy atom. The van der Waals surface area contributed by atoms with Gasteiger partial charge in [0.1, 0.15) is 0 Å². The molecule has 0 fully saturated rings. The third-order valence-corrected chi connectivity index (χ3v) is 2.69. The minimum absolute atomic E-state index is 0.374. The molecule has 0 aliphatic rings.